The first kappa shape index (κ1) is 59.4. The lowest BCUT2D eigenvalue weighted by atomic mass is 10.0. The first-order valence-corrected chi connectivity index (χ1v) is 27.4. The highest BCUT2D eigenvalue weighted by molar-refractivity contribution is 5.83. The summed E-state index contributed by atoms with van der Waals surface area (Å²) in [4.78, 5) is 36.6. The van der Waals surface area contributed by atoms with Gasteiger partial charge in [0.05, 0.1) is 0 Å². The quantitative estimate of drug-likeness (QED) is 0.0414. The number of hydrogen-bond acceptors (Lipinski definition) is 5. The standard InChI is InChI=1S/C54H106N2O5/c1-3-5-7-9-11-13-15-17-18-19-20-21-22-23-24-25-27-29-31-33-38-42-48-53(58)61-50(44-39-35-32-30-28-26-16-14-12-10-8-6-4-2)45-40-36-34-37-41-47-52(57)56-51(54(59)60)46-43-49-55/h50-51H,3-49,55H2,1-2H3,(H,56,57)(H,59,60). The Morgan fingerprint density at radius 3 is 1.02 bits per heavy atom. The molecule has 2 atom stereocenters. The van der Waals surface area contributed by atoms with Crippen LogP contribution in [-0.4, -0.2) is 41.6 Å². The molecule has 0 spiro atoms. The van der Waals surface area contributed by atoms with E-state index >= 15 is 0 Å². The normalized spacial score (nSPS) is 12.4. The number of nitrogens with one attached hydrogen (secondary N) is 1. The van der Waals surface area contributed by atoms with Crippen LogP contribution in [0.25, 0.3) is 0 Å². The molecule has 0 radical (unpaired) electrons. The minimum absolute atomic E-state index is 0.00926. The van der Waals surface area contributed by atoms with E-state index in [1.54, 1.807) is 0 Å². The van der Waals surface area contributed by atoms with E-state index in [9.17, 15) is 19.5 Å². The van der Waals surface area contributed by atoms with Crippen molar-refractivity contribution in [3.05, 3.63) is 0 Å². The molecular weight excluding hydrogens is 757 g/mol. The summed E-state index contributed by atoms with van der Waals surface area (Å²) in [5, 5.41) is 12.0. The van der Waals surface area contributed by atoms with Crippen LogP contribution in [0.2, 0.25) is 0 Å². The Hall–Kier alpha value is -1.63. The molecule has 7 heteroatoms. The Kier molecular flexibility index (Phi) is 48.1. The van der Waals surface area contributed by atoms with Crippen molar-refractivity contribution in [2.24, 2.45) is 5.73 Å². The first-order chi connectivity index (χ1) is 29.9. The number of amides is 1. The van der Waals surface area contributed by atoms with Gasteiger partial charge in [-0.2, -0.15) is 0 Å². The zero-order chi connectivity index (χ0) is 44.5. The van der Waals surface area contributed by atoms with Crippen LogP contribution in [0.1, 0.15) is 309 Å². The average molecular weight is 863 g/mol. The summed E-state index contributed by atoms with van der Waals surface area (Å²) in [7, 11) is 0. The van der Waals surface area contributed by atoms with Gasteiger partial charge in [0, 0.05) is 12.8 Å². The molecule has 7 nitrogen and oxygen atoms in total. The maximum absolute atomic E-state index is 12.9. The molecule has 61 heavy (non-hydrogen) atoms. The molecule has 0 aliphatic heterocycles. The van der Waals surface area contributed by atoms with E-state index in [0.29, 0.717) is 32.2 Å². The average Bonchev–Trinajstić information content (AvgIpc) is 3.25. The lowest BCUT2D eigenvalue weighted by Gasteiger charge is -2.18. The van der Waals surface area contributed by atoms with Crippen molar-refractivity contribution in [3.8, 4) is 0 Å². The van der Waals surface area contributed by atoms with Crippen LogP contribution in [0, 0.1) is 0 Å². The van der Waals surface area contributed by atoms with E-state index in [0.717, 1.165) is 64.2 Å². The van der Waals surface area contributed by atoms with Gasteiger partial charge in [-0.1, -0.05) is 245 Å². The second-order valence-electron chi connectivity index (χ2n) is 19.0. The van der Waals surface area contributed by atoms with Crippen LogP contribution in [0.3, 0.4) is 0 Å². The number of aliphatic carboxylic acids is 1. The fourth-order valence-electron chi connectivity index (χ4n) is 8.81. The molecule has 362 valence electrons. The van der Waals surface area contributed by atoms with Gasteiger partial charge < -0.3 is 20.9 Å². The molecule has 0 heterocycles. The number of nitrogens with two attached hydrogens (primary N) is 1. The second kappa shape index (κ2) is 49.4. The summed E-state index contributed by atoms with van der Waals surface area (Å²) in [5.74, 6) is -1.20. The Balaban J connectivity index is 4.14. The SMILES string of the molecule is CCCCCCCCCCCCCCCCCCCCCCCCC(=O)OC(CCCCCCCCCCCCCCC)CCCCCCCC(=O)NC(CCCN)C(=O)O. The topological polar surface area (TPSA) is 119 Å². The van der Waals surface area contributed by atoms with E-state index in [4.69, 9.17) is 10.5 Å². The fourth-order valence-corrected chi connectivity index (χ4v) is 8.81. The van der Waals surface area contributed by atoms with Crippen molar-refractivity contribution in [3.63, 3.8) is 0 Å². The van der Waals surface area contributed by atoms with Gasteiger partial charge in [-0.25, -0.2) is 4.79 Å². The van der Waals surface area contributed by atoms with Gasteiger partial charge in [0.2, 0.25) is 5.91 Å². The first-order valence-electron chi connectivity index (χ1n) is 27.4. The Bertz CT molecular complexity index is 929. The third-order valence-electron chi connectivity index (χ3n) is 12.9. The molecule has 0 saturated carbocycles. The van der Waals surface area contributed by atoms with Crippen molar-refractivity contribution in [2.45, 2.75) is 321 Å². The van der Waals surface area contributed by atoms with Crippen molar-refractivity contribution in [1.29, 1.82) is 0 Å². The molecule has 1 amide bonds. The molecular formula is C54H106N2O5. The number of hydrogen-bond donors (Lipinski definition) is 3. The monoisotopic (exact) mass is 863 g/mol. The van der Waals surface area contributed by atoms with Crippen molar-refractivity contribution in [2.75, 3.05) is 6.54 Å². The predicted molar refractivity (Wildman–Crippen MR) is 262 cm³/mol. The maximum Gasteiger partial charge on any atom is 0.326 e. The predicted octanol–water partition coefficient (Wildman–Crippen LogP) is 16.4. The third-order valence-corrected chi connectivity index (χ3v) is 12.9. The van der Waals surface area contributed by atoms with Gasteiger partial charge in [0.1, 0.15) is 12.1 Å². The van der Waals surface area contributed by atoms with Crippen molar-refractivity contribution < 1.29 is 24.2 Å². The molecule has 0 aromatic heterocycles. The number of carbonyl (C=O) groups is 3. The number of carboxylic acids is 1. The van der Waals surface area contributed by atoms with Crippen molar-refractivity contribution in [1.82, 2.24) is 5.32 Å². The van der Waals surface area contributed by atoms with Gasteiger partial charge >= 0.3 is 11.9 Å². The second-order valence-corrected chi connectivity index (χ2v) is 19.0. The van der Waals surface area contributed by atoms with E-state index in [2.05, 4.69) is 19.2 Å². The summed E-state index contributed by atoms with van der Waals surface area (Å²) >= 11 is 0. The van der Waals surface area contributed by atoms with Crippen LogP contribution in [-0.2, 0) is 19.1 Å². The number of esters is 1. The molecule has 0 aromatic rings. The lowest BCUT2D eigenvalue weighted by Crippen LogP contribution is -2.40. The number of carboxylic acid groups (broad SMARTS) is 1. The highest BCUT2D eigenvalue weighted by Crippen LogP contribution is 2.20. The molecule has 0 saturated heterocycles. The van der Waals surface area contributed by atoms with Gasteiger partial charge in [-0.15, -0.1) is 0 Å². The summed E-state index contributed by atoms with van der Waals surface area (Å²) in [6, 6.07) is -0.853. The molecule has 0 aromatic carbocycles. The van der Waals surface area contributed by atoms with E-state index in [1.807, 2.05) is 0 Å². The van der Waals surface area contributed by atoms with Crippen LogP contribution in [0.5, 0.6) is 0 Å². The Morgan fingerprint density at radius 1 is 0.410 bits per heavy atom. The molecule has 0 aliphatic carbocycles. The van der Waals surface area contributed by atoms with Gasteiger partial charge in [0.15, 0.2) is 0 Å². The number of rotatable bonds is 51. The summed E-state index contributed by atoms with van der Waals surface area (Å²) < 4.78 is 6.10. The Morgan fingerprint density at radius 2 is 0.705 bits per heavy atom. The van der Waals surface area contributed by atoms with Gasteiger partial charge in [-0.05, 0) is 57.9 Å². The molecule has 4 N–H and O–H groups in total. The minimum Gasteiger partial charge on any atom is -0.480 e. The fraction of sp³-hybridized carbons (Fsp3) is 0.944. The number of unbranched alkanes of at least 4 members (excludes halogenated alkanes) is 37. The zero-order valence-corrected chi connectivity index (χ0v) is 41.0. The maximum atomic E-state index is 12.9. The highest BCUT2D eigenvalue weighted by atomic mass is 16.5. The summed E-state index contributed by atoms with van der Waals surface area (Å²) in [5.41, 5.74) is 5.50. The van der Waals surface area contributed by atoms with Crippen molar-refractivity contribution >= 4 is 17.8 Å². The molecule has 0 fully saturated rings. The lowest BCUT2D eigenvalue weighted by molar-refractivity contribution is -0.150. The van der Waals surface area contributed by atoms with E-state index in [-0.39, 0.29) is 18.0 Å². The molecule has 2 unspecified atom stereocenters. The van der Waals surface area contributed by atoms with E-state index in [1.165, 1.54) is 205 Å². The molecule has 0 rings (SSSR count). The highest BCUT2D eigenvalue weighted by Gasteiger charge is 2.19. The summed E-state index contributed by atoms with van der Waals surface area (Å²) in [6.07, 6.45) is 56.0. The molecule has 0 bridgehead atoms. The van der Waals surface area contributed by atoms with Crippen LogP contribution < -0.4 is 11.1 Å². The zero-order valence-electron chi connectivity index (χ0n) is 41.0. The van der Waals surface area contributed by atoms with Gasteiger partial charge in [-0.3, -0.25) is 9.59 Å². The number of ether oxygens (including phenoxy) is 1. The minimum atomic E-state index is -0.998. The largest absolute Gasteiger partial charge is 0.480 e. The summed E-state index contributed by atoms with van der Waals surface area (Å²) in [6.45, 7) is 4.99. The van der Waals surface area contributed by atoms with Crippen LogP contribution in [0.4, 0.5) is 0 Å². The van der Waals surface area contributed by atoms with Crippen LogP contribution >= 0.6 is 0 Å². The Labute approximate surface area is 379 Å². The smallest absolute Gasteiger partial charge is 0.326 e. The van der Waals surface area contributed by atoms with Gasteiger partial charge in [0.25, 0.3) is 0 Å². The van der Waals surface area contributed by atoms with E-state index < -0.39 is 12.0 Å². The number of carbonyl (C=O) groups excluding carboxylic acids is 2. The third kappa shape index (κ3) is 46.2. The molecule has 0 aliphatic rings. The van der Waals surface area contributed by atoms with Crippen LogP contribution in [0.15, 0.2) is 0 Å².